The number of ether oxygens (including phenoxy) is 1. The summed E-state index contributed by atoms with van der Waals surface area (Å²) in [5.74, 6) is -0.180. The molecule has 4 rings (SSSR count). The second-order valence-corrected chi connectivity index (χ2v) is 10.8. The zero-order chi connectivity index (χ0) is 31.1. The van der Waals surface area contributed by atoms with Crippen LogP contribution in [0.2, 0.25) is 0 Å². The van der Waals surface area contributed by atoms with Crippen molar-refractivity contribution < 1.29 is 23.5 Å². The van der Waals surface area contributed by atoms with Gasteiger partial charge in [0.05, 0.1) is 41.8 Å². The number of amides is 4. The Morgan fingerprint density at radius 2 is 2.05 bits per heavy atom. The number of carbonyl (C=O) groups excluding carboxylic acids is 3. The molecule has 228 valence electrons. The first-order valence-electron chi connectivity index (χ1n) is 14.0. The number of aromatic amines is 1. The van der Waals surface area contributed by atoms with Crippen LogP contribution >= 0.6 is 11.6 Å². The lowest BCUT2D eigenvalue weighted by Gasteiger charge is -2.38. The first-order chi connectivity index (χ1) is 20.6. The van der Waals surface area contributed by atoms with E-state index in [1.54, 1.807) is 56.1 Å². The summed E-state index contributed by atoms with van der Waals surface area (Å²) in [5.41, 5.74) is 3.31. The largest absolute Gasteiger partial charge is 0.453 e. The van der Waals surface area contributed by atoms with E-state index in [1.807, 2.05) is 12.2 Å². The van der Waals surface area contributed by atoms with Crippen molar-refractivity contribution >= 4 is 41.0 Å². The van der Waals surface area contributed by atoms with Crippen molar-refractivity contribution in [3.63, 3.8) is 0 Å². The third-order valence-corrected chi connectivity index (χ3v) is 7.52. The van der Waals surface area contributed by atoms with Crippen molar-refractivity contribution in [1.29, 1.82) is 0 Å². The maximum atomic E-state index is 15.3. The predicted molar refractivity (Wildman–Crippen MR) is 165 cm³/mol. The average molecular weight is 611 g/mol. The van der Waals surface area contributed by atoms with Crippen LogP contribution in [0.3, 0.4) is 0 Å². The fraction of sp³-hybridized carbons (Fsp3) is 0.355. The van der Waals surface area contributed by atoms with Crippen LogP contribution in [0, 0.1) is 0 Å². The summed E-state index contributed by atoms with van der Waals surface area (Å²) >= 11 is 6.17. The number of urea groups is 1. The van der Waals surface area contributed by atoms with Crippen LogP contribution in [-0.4, -0.2) is 52.6 Å². The second kappa shape index (κ2) is 14.2. The van der Waals surface area contributed by atoms with Gasteiger partial charge in [0.15, 0.2) is 0 Å². The lowest BCUT2D eigenvalue weighted by molar-refractivity contribution is -0.116. The average Bonchev–Trinajstić information content (AvgIpc) is 3.45. The van der Waals surface area contributed by atoms with E-state index in [4.69, 9.17) is 11.6 Å². The molecule has 0 saturated carbocycles. The fourth-order valence-corrected chi connectivity index (χ4v) is 5.41. The van der Waals surface area contributed by atoms with Gasteiger partial charge in [0.2, 0.25) is 5.91 Å². The van der Waals surface area contributed by atoms with Crippen LogP contribution in [0.25, 0.3) is 11.3 Å². The number of H-pyrrole nitrogens is 1. The molecule has 1 unspecified atom stereocenters. The Morgan fingerprint density at radius 1 is 1.26 bits per heavy atom. The highest BCUT2D eigenvalue weighted by Gasteiger charge is 2.35. The van der Waals surface area contributed by atoms with Gasteiger partial charge in [-0.05, 0) is 64.3 Å². The Labute approximate surface area is 255 Å². The maximum absolute atomic E-state index is 15.3. The number of halogens is 2. The monoisotopic (exact) mass is 610 g/mol. The van der Waals surface area contributed by atoms with E-state index >= 15 is 4.39 Å². The summed E-state index contributed by atoms with van der Waals surface area (Å²) in [5, 5.41) is 8.49. The number of fused-ring (bicyclic) bond motifs is 4. The van der Waals surface area contributed by atoms with Crippen LogP contribution < -0.4 is 16.0 Å². The number of nitrogens with one attached hydrogen (secondary N) is 4. The van der Waals surface area contributed by atoms with Crippen molar-refractivity contribution in [2.45, 2.75) is 58.5 Å². The molecule has 43 heavy (non-hydrogen) atoms. The van der Waals surface area contributed by atoms with Crippen LogP contribution in [0.1, 0.15) is 58.3 Å². The highest BCUT2D eigenvalue weighted by atomic mass is 35.5. The van der Waals surface area contributed by atoms with E-state index in [-0.39, 0.29) is 23.4 Å². The number of imidazole rings is 1. The van der Waals surface area contributed by atoms with Crippen LogP contribution in [-0.2, 0) is 9.53 Å². The Bertz CT molecular complexity index is 1510. The smallest absolute Gasteiger partial charge is 0.411 e. The molecule has 2 aliphatic rings. The van der Waals surface area contributed by atoms with Crippen molar-refractivity contribution in [2.75, 3.05) is 24.3 Å². The SMILES string of the molecule is C/C=C\C(Cl)=C(\F)C(=C(C)C)[C@H]1CCN(C2C/C=C/CCC(=O)Nc3cc(NC(=O)OC)ccc3-c3cnc2[nH]3)C(=O)N1. The number of nitrogens with zero attached hydrogens (tertiary/aromatic N) is 2. The normalized spacial score (nSPS) is 20.4. The standard InChI is InChI=1S/C31H36ClFN6O4/c1-5-9-21(32)28(33)27(18(2)3)22-14-15-39(30(41)38-22)25-10-7-6-8-11-26(40)36-23-16-19(35-31(42)43-4)12-13-20(23)24-17-34-29(25)37-24/h5-7,9,12-13,16-17,22,25H,8,10-11,14-15H2,1-4H3,(H,34,37)(H,35,42)(H,36,40)(H,38,41)/b7-6+,9-5-,28-21-/t22-,25?/m1/s1. The zero-order valence-corrected chi connectivity index (χ0v) is 25.3. The predicted octanol–water partition coefficient (Wildman–Crippen LogP) is 7.09. The van der Waals surface area contributed by atoms with Crippen LogP contribution in [0.15, 0.2) is 70.7 Å². The summed E-state index contributed by atoms with van der Waals surface area (Å²) in [7, 11) is 1.27. The molecule has 3 heterocycles. The van der Waals surface area contributed by atoms with Crippen molar-refractivity contribution in [2.24, 2.45) is 0 Å². The minimum absolute atomic E-state index is 0.0136. The molecule has 1 saturated heterocycles. The summed E-state index contributed by atoms with van der Waals surface area (Å²) in [6.45, 7) is 5.70. The van der Waals surface area contributed by atoms with E-state index in [9.17, 15) is 14.4 Å². The summed E-state index contributed by atoms with van der Waals surface area (Å²) in [6, 6.07) is 3.76. The highest BCUT2D eigenvalue weighted by Crippen LogP contribution is 2.35. The number of methoxy groups -OCH3 is 1. The minimum Gasteiger partial charge on any atom is -0.453 e. The molecule has 4 amide bonds. The second-order valence-electron chi connectivity index (χ2n) is 10.4. The van der Waals surface area contributed by atoms with Gasteiger partial charge in [-0.3, -0.25) is 10.1 Å². The van der Waals surface area contributed by atoms with Gasteiger partial charge in [-0.25, -0.2) is 19.0 Å². The first-order valence-corrected chi connectivity index (χ1v) is 14.4. The van der Waals surface area contributed by atoms with Gasteiger partial charge in [0.25, 0.3) is 0 Å². The number of benzene rings is 1. The maximum Gasteiger partial charge on any atom is 0.411 e. The van der Waals surface area contributed by atoms with Crippen molar-refractivity contribution in [3.8, 4) is 11.3 Å². The molecule has 1 aromatic heterocycles. The van der Waals surface area contributed by atoms with Gasteiger partial charge in [-0.1, -0.05) is 35.4 Å². The van der Waals surface area contributed by atoms with Gasteiger partial charge in [0, 0.05) is 29.8 Å². The van der Waals surface area contributed by atoms with Gasteiger partial charge >= 0.3 is 12.1 Å². The van der Waals surface area contributed by atoms with Gasteiger partial charge in [0.1, 0.15) is 11.7 Å². The summed E-state index contributed by atoms with van der Waals surface area (Å²) in [4.78, 5) is 47.6. The molecule has 4 N–H and O–H groups in total. The summed E-state index contributed by atoms with van der Waals surface area (Å²) < 4.78 is 20.0. The molecule has 12 heteroatoms. The number of aromatic nitrogens is 2. The number of anilines is 2. The topological polar surface area (TPSA) is 128 Å². The summed E-state index contributed by atoms with van der Waals surface area (Å²) in [6.07, 6.45) is 9.65. The zero-order valence-electron chi connectivity index (χ0n) is 24.6. The minimum atomic E-state index is -0.633. The number of carbonyl (C=O) groups is 3. The van der Waals surface area contributed by atoms with E-state index in [0.717, 1.165) is 5.57 Å². The van der Waals surface area contributed by atoms with Crippen LogP contribution in [0.4, 0.5) is 25.4 Å². The number of allylic oxidation sites excluding steroid dienone is 5. The highest BCUT2D eigenvalue weighted by molar-refractivity contribution is 6.31. The molecular formula is C31H36ClFN6O4. The van der Waals surface area contributed by atoms with Crippen molar-refractivity contribution in [3.05, 3.63) is 76.5 Å². The van der Waals surface area contributed by atoms with Gasteiger partial charge in [-0.15, -0.1) is 0 Å². The van der Waals surface area contributed by atoms with E-state index < -0.39 is 24.0 Å². The van der Waals surface area contributed by atoms with E-state index in [0.29, 0.717) is 59.8 Å². The quantitative estimate of drug-likeness (QED) is 0.212. The number of hydrogen-bond donors (Lipinski definition) is 4. The fourth-order valence-electron chi connectivity index (χ4n) is 5.19. The number of rotatable bonds is 5. The molecule has 0 aliphatic carbocycles. The lowest BCUT2D eigenvalue weighted by atomic mass is 9.95. The first kappa shape index (κ1) is 31.6. The molecule has 0 radical (unpaired) electrons. The van der Waals surface area contributed by atoms with Gasteiger partial charge < -0.3 is 25.3 Å². The molecule has 2 aliphatic heterocycles. The Morgan fingerprint density at radius 3 is 2.74 bits per heavy atom. The van der Waals surface area contributed by atoms with E-state index in [1.165, 1.54) is 13.2 Å². The Kier molecular flexibility index (Phi) is 10.4. The van der Waals surface area contributed by atoms with Gasteiger partial charge in [-0.2, -0.15) is 0 Å². The Hall–Kier alpha value is -4.38. The lowest BCUT2D eigenvalue weighted by Crippen LogP contribution is -2.53. The van der Waals surface area contributed by atoms with Crippen LogP contribution in [0.5, 0.6) is 0 Å². The third-order valence-electron chi connectivity index (χ3n) is 7.23. The third kappa shape index (κ3) is 7.53. The molecule has 1 aromatic carbocycles. The molecule has 2 bridgehead atoms. The molecule has 1 fully saturated rings. The van der Waals surface area contributed by atoms with Crippen molar-refractivity contribution in [1.82, 2.24) is 20.2 Å². The Balaban J connectivity index is 1.65. The molecule has 2 aromatic rings. The molecular weight excluding hydrogens is 575 g/mol. The number of hydrogen-bond acceptors (Lipinski definition) is 5. The van der Waals surface area contributed by atoms with E-state index in [2.05, 4.69) is 30.7 Å². The molecule has 2 atom stereocenters. The molecule has 0 spiro atoms. The molecule has 10 nitrogen and oxygen atoms in total.